The molecule has 1 aliphatic heterocycles. The SMILES string of the molecule is Cc1ccc(Cl)cc1N1CCN(C(=O)Cc2cnc(-c3ccc(Cl)cc3)[nH]c2=O)CC1. The maximum atomic E-state index is 12.8. The molecule has 1 aromatic heterocycles. The molecule has 3 aromatic rings. The summed E-state index contributed by atoms with van der Waals surface area (Å²) in [6, 6.07) is 12.9. The van der Waals surface area contributed by atoms with Gasteiger partial charge in [0.05, 0.1) is 6.42 Å². The number of halogens is 2. The minimum absolute atomic E-state index is 0.0272. The second-order valence-electron chi connectivity index (χ2n) is 7.57. The maximum absolute atomic E-state index is 12.8. The first-order valence-electron chi connectivity index (χ1n) is 10.0. The van der Waals surface area contributed by atoms with Crippen molar-refractivity contribution >= 4 is 34.8 Å². The number of carbonyl (C=O) groups is 1. The van der Waals surface area contributed by atoms with Crippen LogP contribution < -0.4 is 10.5 Å². The zero-order valence-electron chi connectivity index (χ0n) is 17.1. The van der Waals surface area contributed by atoms with Crippen LogP contribution in [0.3, 0.4) is 0 Å². The molecule has 1 N–H and O–H groups in total. The average molecular weight is 457 g/mol. The van der Waals surface area contributed by atoms with Crippen LogP contribution in [0.1, 0.15) is 11.1 Å². The lowest BCUT2D eigenvalue weighted by molar-refractivity contribution is -0.130. The fourth-order valence-electron chi connectivity index (χ4n) is 3.70. The molecular weight excluding hydrogens is 435 g/mol. The summed E-state index contributed by atoms with van der Waals surface area (Å²) in [5.74, 6) is 0.373. The summed E-state index contributed by atoms with van der Waals surface area (Å²) in [6.07, 6.45) is 1.51. The van der Waals surface area contributed by atoms with Gasteiger partial charge in [-0.05, 0) is 48.9 Å². The fourth-order valence-corrected chi connectivity index (χ4v) is 3.99. The number of aromatic nitrogens is 2. The number of anilines is 1. The zero-order valence-corrected chi connectivity index (χ0v) is 18.6. The van der Waals surface area contributed by atoms with Crippen molar-refractivity contribution in [1.82, 2.24) is 14.9 Å². The number of benzene rings is 2. The van der Waals surface area contributed by atoms with Gasteiger partial charge < -0.3 is 14.8 Å². The molecule has 0 radical (unpaired) electrons. The van der Waals surface area contributed by atoms with Crippen LogP contribution in [0.2, 0.25) is 10.0 Å². The Kier molecular flexibility index (Phi) is 6.30. The Hall–Kier alpha value is -2.83. The first-order chi connectivity index (χ1) is 14.9. The maximum Gasteiger partial charge on any atom is 0.254 e. The quantitative estimate of drug-likeness (QED) is 0.645. The molecule has 0 bridgehead atoms. The van der Waals surface area contributed by atoms with Crippen LogP contribution in [-0.4, -0.2) is 47.0 Å². The van der Waals surface area contributed by atoms with Crippen molar-refractivity contribution in [3.63, 3.8) is 0 Å². The number of piperazine rings is 1. The highest BCUT2D eigenvalue weighted by molar-refractivity contribution is 6.31. The number of rotatable bonds is 4. The van der Waals surface area contributed by atoms with Crippen molar-refractivity contribution < 1.29 is 4.79 Å². The van der Waals surface area contributed by atoms with Crippen LogP contribution in [0, 0.1) is 6.92 Å². The molecule has 8 heteroatoms. The van der Waals surface area contributed by atoms with Gasteiger partial charge in [-0.15, -0.1) is 0 Å². The van der Waals surface area contributed by atoms with E-state index in [2.05, 4.69) is 21.8 Å². The van der Waals surface area contributed by atoms with Crippen LogP contribution >= 0.6 is 23.2 Å². The lowest BCUT2D eigenvalue weighted by Gasteiger charge is -2.37. The number of aryl methyl sites for hydroxylation is 1. The average Bonchev–Trinajstić information content (AvgIpc) is 2.77. The molecule has 1 saturated heterocycles. The summed E-state index contributed by atoms with van der Waals surface area (Å²) in [7, 11) is 0. The second-order valence-corrected chi connectivity index (χ2v) is 8.44. The summed E-state index contributed by atoms with van der Waals surface area (Å²) in [6.45, 7) is 4.68. The lowest BCUT2D eigenvalue weighted by Crippen LogP contribution is -2.49. The van der Waals surface area contributed by atoms with Crippen LogP contribution in [0.15, 0.2) is 53.5 Å². The Morgan fingerprint density at radius 3 is 2.39 bits per heavy atom. The first kappa shape index (κ1) is 21.4. The highest BCUT2D eigenvalue weighted by Crippen LogP contribution is 2.25. The number of nitrogens with one attached hydrogen (secondary N) is 1. The number of aromatic amines is 1. The van der Waals surface area contributed by atoms with Gasteiger partial charge in [-0.2, -0.15) is 0 Å². The van der Waals surface area contributed by atoms with Crippen LogP contribution in [0.25, 0.3) is 11.4 Å². The van der Waals surface area contributed by atoms with E-state index >= 15 is 0 Å². The molecule has 0 aliphatic carbocycles. The molecule has 160 valence electrons. The minimum atomic E-state index is -0.304. The molecule has 0 saturated carbocycles. The van der Waals surface area contributed by atoms with Gasteiger partial charge in [-0.1, -0.05) is 29.3 Å². The number of hydrogen-bond acceptors (Lipinski definition) is 4. The smallest absolute Gasteiger partial charge is 0.254 e. The normalized spacial score (nSPS) is 14.0. The van der Waals surface area contributed by atoms with E-state index in [0.29, 0.717) is 34.5 Å². The van der Waals surface area contributed by atoms with Gasteiger partial charge in [0.2, 0.25) is 5.91 Å². The van der Waals surface area contributed by atoms with E-state index in [0.717, 1.165) is 29.9 Å². The van der Waals surface area contributed by atoms with Gasteiger partial charge in [0.1, 0.15) is 5.82 Å². The molecule has 1 amide bonds. The van der Waals surface area contributed by atoms with E-state index in [4.69, 9.17) is 23.2 Å². The molecule has 0 unspecified atom stereocenters. The van der Waals surface area contributed by atoms with Gasteiger partial charge >= 0.3 is 0 Å². The van der Waals surface area contributed by atoms with Crippen molar-refractivity contribution in [3.05, 3.63) is 80.2 Å². The van der Waals surface area contributed by atoms with Gasteiger partial charge in [0.25, 0.3) is 5.56 Å². The third kappa shape index (κ3) is 4.92. The van der Waals surface area contributed by atoms with E-state index in [-0.39, 0.29) is 17.9 Å². The zero-order chi connectivity index (χ0) is 22.0. The van der Waals surface area contributed by atoms with Crippen LogP contribution in [0.5, 0.6) is 0 Å². The summed E-state index contributed by atoms with van der Waals surface area (Å²) in [5, 5.41) is 1.31. The Balaban J connectivity index is 1.39. The minimum Gasteiger partial charge on any atom is -0.368 e. The molecule has 2 heterocycles. The van der Waals surface area contributed by atoms with E-state index in [1.54, 1.807) is 29.2 Å². The molecule has 6 nitrogen and oxygen atoms in total. The summed E-state index contributed by atoms with van der Waals surface area (Å²) < 4.78 is 0. The number of amides is 1. The third-order valence-corrected chi connectivity index (χ3v) is 5.96. The molecular formula is C23H22Cl2N4O2. The molecule has 31 heavy (non-hydrogen) atoms. The summed E-state index contributed by atoms with van der Waals surface area (Å²) in [5.41, 5.74) is 3.06. The molecule has 1 fully saturated rings. The van der Waals surface area contributed by atoms with Gasteiger partial charge in [0.15, 0.2) is 0 Å². The Bertz CT molecular complexity index is 1150. The first-order valence-corrected chi connectivity index (χ1v) is 10.8. The fraction of sp³-hybridized carbons (Fsp3) is 0.261. The predicted molar refractivity (Wildman–Crippen MR) is 124 cm³/mol. The molecule has 4 rings (SSSR count). The Labute approximate surface area is 190 Å². The predicted octanol–water partition coefficient (Wildman–Crippen LogP) is 3.94. The summed E-state index contributed by atoms with van der Waals surface area (Å²) in [4.78, 5) is 36.4. The number of nitrogens with zero attached hydrogens (tertiary/aromatic N) is 3. The standard InChI is InChI=1S/C23H22Cl2N4O2/c1-15-2-5-19(25)13-20(15)28-8-10-29(11-9-28)21(30)12-17-14-26-22(27-23(17)31)16-3-6-18(24)7-4-16/h2-7,13-14H,8-12H2,1H3,(H,26,27,31). The number of H-pyrrole nitrogens is 1. The Morgan fingerprint density at radius 2 is 1.71 bits per heavy atom. The van der Waals surface area contributed by atoms with E-state index in [1.165, 1.54) is 6.20 Å². The van der Waals surface area contributed by atoms with Gasteiger partial charge in [-0.3, -0.25) is 9.59 Å². The summed E-state index contributed by atoms with van der Waals surface area (Å²) >= 11 is 12.0. The lowest BCUT2D eigenvalue weighted by atomic mass is 10.1. The second kappa shape index (κ2) is 9.12. The van der Waals surface area contributed by atoms with Crippen molar-refractivity contribution in [2.24, 2.45) is 0 Å². The number of hydrogen-bond donors (Lipinski definition) is 1. The van der Waals surface area contributed by atoms with E-state index in [9.17, 15) is 9.59 Å². The van der Waals surface area contributed by atoms with Crippen molar-refractivity contribution in [1.29, 1.82) is 0 Å². The van der Waals surface area contributed by atoms with Crippen molar-refractivity contribution in [2.45, 2.75) is 13.3 Å². The van der Waals surface area contributed by atoms with E-state index < -0.39 is 0 Å². The molecule has 0 atom stereocenters. The topological polar surface area (TPSA) is 69.3 Å². The molecule has 2 aromatic carbocycles. The largest absolute Gasteiger partial charge is 0.368 e. The monoisotopic (exact) mass is 456 g/mol. The van der Waals surface area contributed by atoms with Gasteiger partial charge in [0, 0.05) is 59.2 Å². The molecule has 0 spiro atoms. The van der Waals surface area contributed by atoms with Crippen molar-refractivity contribution in [3.8, 4) is 11.4 Å². The highest BCUT2D eigenvalue weighted by Gasteiger charge is 2.23. The molecule has 1 aliphatic rings. The van der Waals surface area contributed by atoms with Crippen molar-refractivity contribution in [2.75, 3.05) is 31.1 Å². The van der Waals surface area contributed by atoms with Gasteiger partial charge in [-0.25, -0.2) is 4.98 Å². The third-order valence-electron chi connectivity index (χ3n) is 5.48. The Morgan fingerprint density at radius 1 is 1.03 bits per heavy atom. The highest BCUT2D eigenvalue weighted by atomic mass is 35.5. The van der Waals surface area contributed by atoms with Crippen LogP contribution in [-0.2, 0) is 11.2 Å². The van der Waals surface area contributed by atoms with E-state index in [1.807, 2.05) is 18.2 Å². The number of carbonyl (C=O) groups excluding carboxylic acids is 1. The van der Waals surface area contributed by atoms with Crippen LogP contribution in [0.4, 0.5) is 5.69 Å².